The second-order valence-electron chi connectivity index (χ2n) is 10.1. The summed E-state index contributed by atoms with van der Waals surface area (Å²) < 4.78 is 218. The van der Waals surface area contributed by atoms with Crippen LogP contribution in [0.25, 0.3) is 0 Å². The number of nitrogens with zero attached hydrogens (tertiary/aromatic N) is 1. The second kappa shape index (κ2) is 16.2. The number of rotatable bonds is 13. The van der Waals surface area contributed by atoms with Crippen molar-refractivity contribution in [2.24, 2.45) is 11.8 Å². The van der Waals surface area contributed by atoms with Gasteiger partial charge in [-0.2, -0.15) is 26.3 Å². The van der Waals surface area contributed by atoms with Crippen molar-refractivity contribution in [3.63, 3.8) is 0 Å². The van der Waals surface area contributed by atoms with E-state index in [-0.39, 0.29) is 0 Å². The molecule has 0 radical (unpaired) electrons. The van der Waals surface area contributed by atoms with Gasteiger partial charge in [0.1, 0.15) is 0 Å². The highest BCUT2D eigenvalue weighted by Gasteiger charge is 2.36. The molecule has 0 bridgehead atoms. The van der Waals surface area contributed by atoms with E-state index >= 15 is 0 Å². The summed E-state index contributed by atoms with van der Waals surface area (Å²) >= 11 is 0. The normalized spacial score (nSPS) is 12.4. The Hall–Kier alpha value is -5.58. The molecule has 0 N–H and O–H groups in total. The zero-order valence-corrected chi connectivity index (χ0v) is 24.6. The van der Waals surface area contributed by atoms with Gasteiger partial charge in [0.25, 0.3) is 0 Å². The predicted octanol–water partition coefficient (Wildman–Crippen LogP) is 6.96. The highest BCUT2D eigenvalue weighted by molar-refractivity contribution is 5.75. The molecule has 24 heteroatoms. The van der Waals surface area contributed by atoms with Crippen molar-refractivity contribution in [3.8, 4) is 17.2 Å². The Kier molecular flexibility index (Phi) is 12.7. The van der Waals surface area contributed by atoms with E-state index in [0.29, 0.717) is 0 Å². The van der Waals surface area contributed by atoms with E-state index in [1.54, 1.807) is 0 Å². The maximum absolute atomic E-state index is 14.1. The summed E-state index contributed by atoms with van der Waals surface area (Å²) in [6.45, 7) is -1.57. The molecule has 0 aliphatic rings. The van der Waals surface area contributed by atoms with Gasteiger partial charge in [-0.25, -0.2) is 39.5 Å². The maximum Gasteiger partial charge on any atom is 0.311 e. The SMILES string of the molecule is O=C(CCC(CC(=O)Oc1c(F)c(F)c(F)c(F)c1F)C(CC(=O)Oc1c(F)c(F)c(F)c(F)c1F)C[N+](=O)[O-])Oc1c(F)c(F)c(F)c(F)c1F. The summed E-state index contributed by atoms with van der Waals surface area (Å²) in [6.07, 6.45) is -5.66. The van der Waals surface area contributed by atoms with E-state index in [9.17, 15) is 90.4 Å². The highest BCUT2D eigenvalue weighted by atomic mass is 19.2. The number of carbonyl (C=O) groups is 3. The number of hydrogen-bond acceptors (Lipinski definition) is 8. The number of hydrogen-bond donors (Lipinski definition) is 0. The minimum Gasteiger partial charge on any atom is -0.420 e. The molecule has 9 nitrogen and oxygen atoms in total. The van der Waals surface area contributed by atoms with Crippen LogP contribution in [0.15, 0.2) is 0 Å². The molecule has 0 aromatic heterocycles. The van der Waals surface area contributed by atoms with Crippen molar-refractivity contribution in [1.29, 1.82) is 0 Å². The third-order valence-corrected chi connectivity index (χ3v) is 6.78. The fourth-order valence-corrected chi connectivity index (χ4v) is 4.31. The van der Waals surface area contributed by atoms with Crippen molar-refractivity contribution in [1.82, 2.24) is 0 Å². The lowest BCUT2D eigenvalue weighted by molar-refractivity contribution is -0.490. The van der Waals surface area contributed by atoms with Crippen molar-refractivity contribution in [3.05, 3.63) is 97.4 Å². The zero-order valence-electron chi connectivity index (χ0n) is 24.6. The lowest BCUT2D eigenvalue weighted by atomic mass is 9.83. The first-order chi connectivity index (χ1) is 24.1. The average Bonchev–Trinajstić information content (AvgIpc) is 3.09. The number of nitro groups is 1. The number of benzene rings is 3. The van der Waals surface area contributed by atoms with E-state index in [4.69, 9.17) is 0 Å². The van der Waals surface area contributed by atoms with Crippen LogP contribution in [0.1, 0.15) is 25.7 Å². The second-order valence-corrected chi connectivity index (χ2v) is 10.1. The number of ether oxygens (including phenoxy) is 3. The Balaban J connectivity index is 1.97. The molecule has 282 valence electrons. The number of esters is 3. The molecule has 2 unspecified atom stereocenters. The van der Waals surface area contributed by atoms with Gasteiger partial charge in [-0.1, -0.05) is 0 Å². The highest BCUT2D eigenvalue weighted by Crippen LogP contribution is 2.34. The van der Waals surface area contributed by atoms with Crippen LogP contribution < -0.4 is 14.2 Å². The number of carbonyl (C=O) groups excluding carboxylic acids is 3. The van der Waals surface area contributed by atoms with Crippen molar-refractivity contribution in [2.45, 2.75) is 25.7 Å². The van der Waals surface area contributed by atoms with Crippen LogP contribution in [0.5, 0.6) is 17.2 Å². The van der Waals surface area contributed by atoms with Crippen LogP contribution in [0.2, 0.25) is 0 Å². The summed E-state index contributed by atoms with van der Waals surface area (Å²) in [5, 5.41) is 11.4. The average molecular weight is 775 g/mol. The number of halogens is 15. The van der Waals surface area contributed by atoms with Crippen molar-refractivity contribution in [2.75, 3.05) is 6.54 Å². The quantitative estimate of drug-likeness (QED) is 0.0348. The molecule has 0 saturated heterocycles. The largest absolute Gasteiger partial charge is 0.420 e. The van der Waals surface area contributed by atoms with Gasteiger partial charge < -0.3 is 14.2 Å². The summed E-state index contributed by atoms with van der Waals surface area (Å²) in [6, 6.07) is 0. The predicted molar refractivity (Wildman–Crippen MR) is 133 cm³/mol. The van der Waals surface area contributed by atoms with Gasteiger partial charge in [0.05, 0.1) is 6.42 Å². The molecule has 52 heavy (non-hydrogen) atoms. The van der Waals surface area contributed by atoms with Crippen LogP contribution in [0, 0.1) is 109 Å². The molecule has 2 atom stereocenters. The van der Waals surface area contributed by atoms with Gasteiger partial charge in [0.15, 0.2) is 0 Å². The van der Waals surface area contributed by atoms with Crippen LogP contribution in [0.4, 0.5) is 65.9 Å². The molecule has 0 aliphatic carbocycles. The van der Waals surface area contributed by atoms with E-state index in [0.717, 1.165) is 0 Å². The van der Waals surface area contributed by atoms with E-state index in [1.165, 1.54) is 0 Å². The van der Waals surface area contributed by atoms with E-state index in [1.807, 2.05) is 0 Å². The van der Waals surface area contributed by atoms with Crippen LogP contribution >= 0.6 is 0 Å². The van der Waals surface area contributed by atoms with Gasteiger partial charge in [-0.15, -0.1) is 0 Å². The molecular formula is C28H12F15NO8. The summed E-state index contributed by atoms with van der Waals surface area (Å²) in [4.78, 5) is 47.6. The Labute approximate surface area is 276 Å². The van der Waals surface area contributed by atoms with Gasteiger partial charge in [-0.3, -0.25) is 24.5 Å². The van der Waals surface area contributed by atoms with Gasteiger partial charge >= 0.3 is 17.9 Å². The van der Waals surface area contributed by atoms with Gasteiger partial charge in [-0.05, 0) is 12.3 Å². The fourth-order valence-electron chi connectivity index (χ4n) is 4.31. The lowest BCUT2D eigenvalue weighted by Crippen LogP contribution is -2.31. The Bertz CT molecular complexity index is 1890. The smallest absolute Gasteiger partial charge is 0.311 e. The monoisotopic (exact) mass is 775 g/mol. The van der Waals surface area contributed by atoms with Crippen LogP contribution in [-0.4, -0.2) is 29.4 Å². The third kappa shape index (κ3) is 8.47. The van der Waals surface area contributed by atoms with Crippen molar-refractivity contribution < 1.29 is 99.4 Å². The zero-order chi connectivity index (χ0) is 39.5. The molecular weight excluding hydrogens is 763 g/mol. The first-order valence-corrected chi connectivity index (χ1v) is 13.4. The molecule has 3 rings (SSSR count). The van der Waals surface area contributed by atoms with Gasteiger partial charge in [0.2, 0.25) is 111 Å². The van der Waals surface area contributed by atoms with E-state index < -0.39 is 171 Å². The summed E-state index contributed by atoms with van der Waals surface area (Å²) in [7, 11) is 0. The molecule has 0 aliphatic heterocycles. The Morgan fingerprint density at radius 1 is 0.442 bits per heavy atom. The molecule has 3 aromatic rings. The molecule has 0 spiro atoms. The lowest BCUT2D eigenvalue weighted by Gasteiger charge is -2.23. The first kappa shape index (κ1) is 40.8. The first-order valence-electron chi connectivity index (χ1n) is 13.4. The molecule has 0 fully saturated rings. The van der Waals surface area contributed by atoms with Crippen LogP contribution in [0.3, 0.4) is 0 Å². The minimum atomic E-state index is -2.71. The standard InChI is InChI=1S/C28H12F15NO8/c29-11-14(32)20(38)26(21(39)15(11)33)50-8(45)2-1-6(3-9(46)51-27-22(40)16(34)12(30)17(35)23(27)41)7(5-44(48)49)4-10(47)52-28-24(42)18(36)13(31)19(37)25(28)43/h6-7H,1-5H2. The van der Waals surface area contributed by atoms with Gasteiger partial charge in [0, 0.05) is 23.7 Å². The molecule has 3 aromatic carbocycles. The Morgan fingerprint density at radius 3 is 0.981 bits per heavy atom. The maximum atomic E-state index is 14.1. The Morgan fingerprint density at radius 2 is 0.692 bits per heavy atom. The van der Waals surface area contributed by atoms with Crippen molar-refractivity contribution >= 4 is 17.9 Å². The molecule has 0 amide bonds. The minimum absolute atomic E-state index is 1.16. The topological polar surface area (TPSA) is 122 Å². The summed E-state index contributed by atoms with van der Waals surface area (Å²) in [5.41, 5.74) is 0. The van der Waals surface area contributed by atoms with E-state index in [2.05, 4.69) is 14.2 Å². The summed E-state index contributed by atoms with van der Waals surface area (Å²) in [5.74, 6) is -56.9. The fraction of sp³-hybridized carbons (Fsp3) is 0.250. The third-order valence-electron chi connectivity index (χ3n) is 6.78. The van der Waals surface area contributed by atoms with Crippen LogP contribution in [-0.2, 0) is 14.4 Å². The molecule has 0 heterocycles. The molecule has 0 saturated carbocycles.